The maximum Gasteiger partial charge on any atom is 0.0565 e. The zero-order valence-corrected chi connectivity index (χ0v) is 15.6. The molecule has 0 amide bonds. The van der Waals surface area contributed by atoms with Gasteiger partial charge in [-0.2, -0.15) is 0 Å². The highest BCUT2D eigenvalue weighted by molar-refractivity contribution is 5.40. The van der Waals surface area contributed by atoms with Crippen LogP contribution in [0, 0.1) is 5.92 Å². The minimum Gasteiger partial charge on any atom is -0.301 e. The van der Waals surface area contributed by atoms with Crippen LogP contribution in [-0.4, -0.2) is 38.0 Å². The minimum absolute atomic E-state index is 0.285. The van der Waals surface area contributed by atoms with E-state index in [-0.39, 0.29) is 6.04 Å². The highest BCUT2D eigenvalue weighted by atomic mass is 15.1. The third-order valence-electron chi connectivity index (χ3n) is 4.98. The molecule has 2 aromatic carbocycles. The Morgan fingerprint density at radius 1 is 0.720 bits per heavy atom. The van der Waals surface area contributed by atoms with Crippen LogP contribution in [0.1, 0.15) is 23.2 Å². The van der Waals surface area contributed by atoms with E-state index in [1.807, 2.05) is 0 Å². The van der Waals surface area contributed by atoms with Gasteiger partial charge in [-0.25, -0.2) is 0 Å². The summed E-state index contributed by atoms with van der Waals surface area (Å²) in [7, 11) is 8.69. The monoisotopic (exact) mass is 332 g/mol. The molecule has 0 radical (unpaired) electrons. The Balaban J connectivity index is 1.99. The third kappa shape index (κ3) is 3.76. The van der Waals surface area contributed by atoms with Crippen LogP contribution in [0.3, 0.4) is 0 Å². The molecule has 0 spiro atoms. The quantitative estimate of drug-likeness (QED) is 0.756. The van der Waals surface area contributed by atoms with Crippen LogP contribution in [0.4, 0.5) is 0 Å². The van der Waals surface area contributed by atoms with E-state index in [2.05, 4.69) is 117 Å². The molecule has 3 rings (SSSR count). The predicted octanol–water partition coefficient (Wildman–Crippen LogP) is 4.70. The smallest absolute Gasteiger partial charge is 0.0565 e. The van der Waals surface area contributed by atoms with Gasteiger partial charge in [-0.05, 0) is 44.9 Å². The number of nitrogens with zero attached hydrogens (tertiary/aromatic N) is 2. The van der Waals surface area contributed by atoms with Gasteiger partial charge in [-0.3, -0.25) is 4.90 Å². The van der Waals surface area contributed by atoms with Crippen LogP contribution in [0.5, 0.6) is 0 Å². The van der Waals surface area contributed by atoms with Crippen LogP contribution < -0.4 is 0 Å². The van der Waals surface area contributed by atoms with Gasteiger partial charge in [-0.1, -0.05) is 78.9 Å². The molecule has 0 aromatic heterocycles. The summed E-state index contributed by atoms with van der Waals surface area (Å²) < 4.78 is 0. The van der Waals surface area contributed by atoms with Crippen LogP contribution in [0.15, 0.2) is 84.5 Å². The summed E-state index contributed by atoms with van der Waals surface area (Å²) in [5, 5.41) is 0. The predicted molar refractivity (Wildman–Crippen MR) is 106 cm³/mol. The van der Waals surface area contributed by atoms with E-state index in [4.69, 9.17) is 0 Å². The van der Waals surface area contributed by atoms with Crippen molar-refractivity contribution < 1.29 is 0 Å². The van der Waals surface area contributed by atoms with Crippen LogP contribution in [-0.2, 0) is 0 Å². The summed E-state index contributed by atoms with van der Waals surface area (Å²) in [5.41, 5.74) is 4.16. The van der Waals surface area contributed by atoms with E-state index in [0.29, 0.717) is 12.0 Å². The minimum atomic E-state index is 0.285. The first-order chi connectivity index (χ1) is 12.1. The molecule has 0 saturated heterocycles. The highest BCUT2D eigenvalue weighted by Gasteiger charge is 2.33. The van der Waals surface area contributed by atoms with Crippen molar-refractivity contribution in [3.8, 4) is 0 Å². The van der Waals surface area contributed by atoms with Gasteiger partial charge in [-0.15, -0.1) is 0 Å². The molecular weight excluding hydrogens is 304 g/mol. The molecule has 130 valence electrons. The Bertz CT molecular complexity index is 729. The van der Waals surface area contributed by atoms with Gasteiger partial charge >= 0.3 is 0 Å². The molecule has 0 heterocycles. The summed E-state index contributed by atoms with van der Waals surface area (Å²) >= 11 is 0. The Morgan fingerprint density at radius 2 is 1.28 bits per heavy atom. The molecular formula is C23H28N2. The van der Waals surface area contributed by atoms with E-state index in [0.717, 1.165) is 0 Å². The first-order valence-electron chi connectivity index (χ1n) is 8.90. The fourth-order valence-corrected chi connectivity index (χ4v) is 3.97. The number of allylic oxidation sites excluding steroid dienone is 2. The summed E-state index contributed by atoms with van der Waals surface area (Å²) in [5.74, 6) is 0.366. The van der Waals surface area contributed by atoms with Crippen molar-refractivity contribution in [2.24, 2.45) is 5.92 Å². The Morgan fingerprint density at radius 3 is 1.80 bits per heavy atom. The van der Waals surface area contributed by atoms with Crippen LogP contribution in [0.25, 0.3) is 0 Å². The first kappa shape index (κ1) is 17.7. The molecule has 0 saturated carbocycles. The van der Waals surface area contributed by atoms with Crippen LogP contribution in [0.2, 0.25) is 0 Å². The molecule has 0 fully saturated rings. The molecule has 25 heavy (non-hydrogen) atoms. The van der Waals surface area contributed by atoms with Crippen molar-refractivity contribution in [1.29, 1.82) is 0 Å². The number of likely N-dealkylation sites (N-methyl/N-ethyl adjacent to an activating group) is 1. The van der Waals surface area contributed by atoms with E-state index in [1.165, 1.54) is 16.7 Å². The van der Waals surface area contributed by atoms with Gasteiger partial charge in [0, 0.05) is 12.0 Å². The lowest BCUT2D eigenvalue weighted by atomic mass is 9.82. The van der Waals surface area contributed by atoms with Gasteiger partial charge in [0.05, 0.1) is 6.04 Å². The van der Waals surface area contributed by atoms with Gasteiger partial charge in [0.25, 0.3) is 0 Å². The summed E-state index contributed by atoms with van der Waals surface area (Å²) in [6.45, 7) is 0. The molecule has 2 heteroatoms. The number of hydrogen-bond acceptors (Lipinski definition) is 2. The summed E-state index contributed by atoms with van der Waals surface area (Å²) in [6, 6.07) is 22.2. The Labute approximate surface area is 152 Å². The van der Waals surface area contributed by atoms with Crippen molar-refractivity contribution >= 4 is 0 Å². The van der Waals surface area contributed by atoms with E-state index in [9.17, 15) is 0 Å². The zero-order valence-electron chi connectivity index (χ0n) is 15.6. The van der Waals surface area contributed by atoms with Gasteiger partial charge in [0.15, 0.2) is 0 Å². The maximum atomic E-state index is 2.35. The average Bonchev–Trinajstić information content (AvgIpc) is 3.05. The molecule has 2 nitrogen and oxygen atoms in total. The summed E-state index contributed by atoms with van der Waals surface area (Å²) in [4.78, 5) is 4.65. The third-order valence-corrected chi connectivity index (χ3v) is 4.98. The second kappa shape index (κ2) is 7.81. The lowest BCUT2D eigenvalue weighted by molar-refractivity contribution is 0.238. The topological polar surface area (TPSA) is 6.48 Å². The van der Waals surface area contributed by atoms with Crippen molar-refractivity contribution in [2.75, 3.05) is 28.2 Å². The van der Waals surface area contributed by atoms with Gasteiger partial charge in [0.1, 0.15) is 0 Å². The molecule has 1 aliphatic carbocycles. The second-order valence-electron chi connectivity index (χ2n) is 7.17. The first-order valence-corrected chi connectivity index (χ1v) is 8.90. The summed E-state index contributed by atoms with van der Waals surface area (Å²) in [6.07, 6.45) is 6.88. The highest BCUT2D eigenvalue weighted by Crippen LogP contribution is 2.42. The van der Waals surface area contributed by atoms with Crippen molar-refractivity contribution in [3.63, 3.8) is 0 Å². The largest absolute Gasteiger partial charge is 0.301 e. The fourth-order valence-electron chi connectivity index (χ4n) is 3.97. The number of hydrogen-bond donors (Lipinski definition) is 0. The van der Waals surface area contributed by atoms with Crippen molar-refractivity contribution in [3.05, 3.63) is 95.6 Å². The lowest BCUT2D eigenvalue weighted by Gasteiger charge is -2.36. The van der Waals surface area contributed by atoms with E-state index >= 15 is 0 Å². The van der Waals surface area contributed by atoms with Crippen molar-refractivity contribution in [2.45, 2.75) is 12.1 Å². The van der Waals surface area contributed by atoms with E-state index in [1.54, 1.807) is 0 Å². The molecule has 0 N–H and O–H groups in total. The number of rotatable bonds is 6. The Hall–Kier alpha value is -2.16. The average molecular weight is 332 g/mol. The van der Waals surface area contributed by atoms with E-state index < -0.39 is 0 Å². The standard InChI is InChI=1S/C23H28N2/c1-24(2)22(18-12-7-5-8-13-18)20-16-11-17-21(20)23(25(3)4)19-14-9-6-10-15-19/h5-17,20,22-23H,1-4H3/t20?,22-,23-/m1/s1. The van der Waals surface area contributed by atoms with Crippen LogP contribution >= 0.6 is 0 Å². The van der Waals surface area contributed by atoms with Gasteiger partial charge in [0.2, 0.25) is 0 Å². The molecule has 1 unspecified atom stereocenters. The molecule has 1 aliphatic rings. The fraction of sp³-hybridized carbons (Fsp3) is 0.304. The SMILES string of the molecule is CN(C)[C@H](c1ccccc1)C1C=CC=C1[C@@H](c1ccccc1)N(C)C. The zero-order chi connectivity index (χ0) is 17.8. The molecule has 0 aliphatic heterocycles. The lowest BCUT2D eigenvalue weighted by Crippen LogP contribution is -2.31. The second-order valence-corrected chi connectivity index (χ2v) is 7.17. The normalized spacial score (nSPS) is 19.3. The maximum absolute atomic E-state index is 2.35. The van der Waals surface area contributed by atoms with Crippen molar-refractivity contribution in [1.82, 2.24) is 9.80 Å². The Kier molecular flexibility index (Phi) is 5.52. The van der Waals surface area contributed by atoms with Gasteiger partial charge < -0.3 is 4.90 Å². The molecule has 2 aromatic rings. The number of benzene rings is 2. The molecule has 3 atom stereocenters. The molecule has 0 bridgehead atoms.